The molecule has 9 heavy (non-hydrogen) atoms. The monoisotopic (exact) mass is 123 g/mol. The van der Waals surface area contributed by atoms with Crippen LogP contribution in [0.25, 0.3) is 0 Å². The summed E-state index contributed by atoms with van der Waals surface area (Å²) >= 11 is 0. The van der Waals surface area contributed by atoms with Crippen molar-refractivity contribution in [2.75, 3.05) is 5.73 Å². The number of hydrogen-bond acceptors (Lipinski definition) is 2. The fourth-order valence-corrected chi connectivity index (χ4v) is 0.709. The molecule has 0 saturated carbocycles. The summed E-state index contributed by atoms with van der Waals surface area (Å²) in [5.74, 6) is 0.572. The first-order chi connectivity index (χ1) is 4.22. The fourth-order valence-electron chi connectivity index (χ4n) is 0.709. The molecule has 0 aliphatic heterocycles. The lowest BCUT2D eigenvalue weighted by Gasteiger charge is -1.92. The van der Waals surface area contributed by atoms with Crippen molar-refractivity contribution < 1.29 is 0 Å². The molecule has 0 aromatic carbocycles. The van der Waals surface area contributed by atoms with Crippen LogP contribution in [-0.2, 0) is 0 Å². The van der Waals surface area contributed by atoms with E-state index < -0.39 is 0 Å². The molecule has 4 N–H and O–H groups in total. The smallest absolute Gasteiger partial charge is 0.109 e. The summed E-state index contributed by atoms with van der Waals surface area (Å²) in [5, 5.41) is 7.19. The molecule has 0 aliphatic carbocycles. The summed E-state index contributed by atoms with van der Waals surface area (Å²) in [4.78, 5) is 2.79. The van der Waals surface area contributed by atoms with Gasteiger partial charge in [0.2, 0.25) is 0 Å². The topological polar surface area (TPSA) is 65.7 Å². The molecule has 1 aromatic heterocycles. The predicted molar refractivity (Wildman–Crippen MR) is 37.7 cm³/mol. The van der Waals surface area contributed by atoms with Crippen molar-refractivity contribution in [2.24, 2.45) is 0 Å². The quantitative estimate of drug-likeness (QED) is 0.479. The van der Waals surface area contributed by atoms with Crippen LogP contribution in [0.1, 0.15) is 12.5 Å². The van der Waals surface area contributed by atoms with Gasteiger partial charge in [-0.2, -0.15) is 0 Å². The summed E-state index contributed by atoms with van der Waals surface area (Å²) in [5.41, 5.74) is 6.73. The average molecular weight is 123 g/mol. The van der Waals surface area contributed by atoms with E-state index in [1.807, 2.05) is 0 Å². The van der Waals surface area contributed by atoms with Crippen LogP contribution in [0.15, 0.2) is 12.3 Å². The molecule has 1 aromatic rings. The van der Waals surface area contributed by atoms with E-state index in [-0.39, 0.29) is 0 Å². The minimum Gasteiger partial charge on any atom is -0.385 e. The lowest BCUT2D eigenvalue weighted by molar-refractivity contribution is 1.40. The number of aromatic amines is 1. The second kappa shape index (κ2) is 1.93. The Labute approximate surface area is 53.4 Å². The van der Waals surface area contributed by atoms with Gasteiger partial charge in [-0.05, 0) is 13.0 Å². The van der Waals surface area contributed by atoms with Crippen molar-refractivity contribution >= 4 is 11.5 Å². The lowest BCUT2D eigenvalue weighted by atomic mass is 10.2. The lowest BCUT2D eigenvalue weighted by Crippen LogP contribution is -1.95. The highest BCUT2D eigenvalue weighted by Gasteiger charge is 1.98. The van der Waals surface area contributed by atoms with Gasteiger partial charge in [0.1, 0.15) is 5.82 Å². The number of nitrogens with one attached hydrogen (secondary N) is 2. The Morgan fingerprint density at radius 2 is 2.44 bits per heavy atom. The number of anilines is 1. The second-order valence-corrected chi connectivity index (χ2v) is 1.93. The van der Waals surface area contributed by atoms with Crippen molar-refractivity contribution in [1.29, 1.82) is 5.41 Å². The molecule has 3 heteroatoms. The molecule has 0 fully saturated rings. The van der Waals surface area contributed by atoms with Crippen molar-refractivity contribution in [3.8, 4) is 0 Å². The van der Waals surface area contributed by atoms with Gasteiger partial charge in [-0.15, -0.1) is 0 Å². The van der Waals surface area contributed by atoms with Gasteiger partial charge in [0.05, 0.1) is 0 Å². The van der Waals surface area contributed by atoms with E-state index in [9.17, 15) is 0 Å². The Balaban J connectivity index is 3.08. The Bertz CT molecular complexity index is 224. The van der Waals surface area contributed by atoms with Gasteiger partial charge < -0.3 is 16.1 Å². The van der Waals surface area contributed by atoms with E-state index in [0.717, 1.165) is 5.56 Å². The SMILES string of the molecule is CC(=N)c1cc[nH]c1N. The minimum absolute atomic E-state index is 0.494. The van der Waals surface area contributed by atoms with Gasteiger partial charge in [0, 0.05) is 17.5 Å². The third kappa shape index (κ3) is 0.937. The third-order valence-corrected chi connectivity index (χ3v) is 1.18. The first-order valence-electron chi connectivity index (χ1n) is 2.70. The maximum Gasteiger partial charge on any atom is 0.109 e. The number of H-pyrrole nitrogens is 1. The van der Waals surface area contributed by atoms with E-state index in [0.29, 0.717) is 11.5 Å². The number of aromatic nitrogens is 1. The molecule has 0 saturated heterocycles. The van der Waals surface area contributed by atoms with Crippen LogP contribution in [0, 0.1) is 5.41 Å². The Hall–Kier alpha value is -1.25. The zero-order valence-corrected chi connectivity index (χ0v) is 5.23. The normalized spacial score (nSPS) is 9.44. The Morgan fingerprint density at radius 3 is 2.67 bits per heavy atom. The highest BCUT2D eigenvalue weighted by molar-refractivity contribution is 6.00. The summed E-state index contributed by atoms with van der Waals surface area (Å²) in [6.07, 6.45) is 1.72. The van der Waals surface area contributed by atoms with Gasteiger partial charge in [-0.25, -0.2) is 0 Å². The standard InChI is InChI=1S/C6H9N3/c1-4(7)5-2-3-9-6(5)8/h2-3,7,9H,8H2,1H3. The molecular weight excluding hydrogens is 114 g/mol. The summed E-state index contributed by atoms with van der Waals surface area (Å²) in [7, 11) is 0. The Kier molecular flexibility index (Phi) is 1.26. The number of rotatable bonds is 1. The summed E-state index contributed by atoms with van der Waals surface area (Å²) in [6, 6.07) is 1.79. The zero-order valence-electron chi connectivity index (χ0n) is 5.23. The van der Waals surface area contributed by atoms with Crippen LogP contribution in [0.3, 0.4) is 0 Å². The molecular formula is C6H9N3. The van der Waals surface area contributed by atoms with E-state index >= 15 is 0 Å². The van der Waals surface area contributed by atoms with Crippen LogP contribution in [0.4, 0.5) is 5.82 Å². The van der Waals surface area contributed by atoms with E-state index in [2.05, 4.69) is 4.98 Å². The van der Waals surface area contributed by atoms with Crippen LogP contribution < -0.4 is 5.73 Å². The third-order valence-electron chi connectivity index (χ3n) is 1.18. The van der Waals surface area contributed by atoms with Crippen molar-refractivity contribution in [1.82, 2.24) is 4.98 Å². The van der Waals surface area contributed by atoms with Gasteiger partial charge in [0.25, 0.3) is 0 Å². The van der Waals surface area contributed by atoms with Crippen LogP contribution >= 0.6 is 0 Å². The second-order valence-electron chi connectivity index (χ2n) is 1.93. The van der Waals surface area contributed by atoms with E-state index in [1.165, 1.54) is 0 Å². The van der Waals surface area contributed by atoms with Crippen molar-refractivity contribution in [3.63, 3.8) is 0 Å². The number of nitrogens with two attached hydrogens (primary N) is 1. The Morgan fingerprint density at radius 1 is 1.78 bits per heavy atom. The van der Waals surface area contributed by atoms with Crippen molar-refractivity contribution in [2.45, 2.75) is 6.92 Å². The zero-order chi connectivity index (χ0) is 6.85. The highest BCUT2D eigenvalue weighted by Crippen LogP contribution is 2.07. The summed E-state index contributed by atoms with van der Waals surface area (Å²) < 4.78 is 0. The largest absolute Gasteiger partial charge is 0.385 e. The van der Waals surface area contributed by atoms with Crippen molar-refractivity contribution in [3.05, 3.63) is 17.8 Å². The van der Waals surface area contributed by atoms with Gasteiger partial charge in [-0.1, -0.05) is 0 Å². The number of hydrogen-bond donors (Lipinski definition) is 3. The molecule has 0 unspecified atom stereocenters. The molecule has 1 rings (SSSR count). The summed E-state index contributed by atoms with van der Waals surface area (Å²) in [6.45, 7) is 1.71. The van der Waals surface area contributed by atoms with E-state index in [4.69, 9.17) is 11.1 Å². The van der Waals surface area contributed by atoms with Gasteiger partial charge in [0.15, 0.2) is 0 Å². The van der Waals surface area contributed by atoms with Gasteiger partial charge >= 0.3 is 0 Å². The molecule has 48 valence electrons. The first-order valence-corrected chi connectivity index (χ1v) is 2.70. The molecule has 0 radical (unpaired) electrons. The first kappa shape index (κ1) is 5.88. The van der Waals surface area contributed by atoms with E-state index in [1.54, 1.807) is 19.2 Å². The molecule has 3 nitrogen and oxygen atoms in total. The minimum atomic E-state index is 0.494. The van der Waals surface area contributed by atoms with Gasteiger partial charge in [-0.3, -0.25) is 0 Å². The molecule has 0 spiro atoms. The highest BCUT2D eigenvalue weighted by atomic mass is 14.8. The molecule has 1 heterocycles. The fraction of sp³-hybridized carbons (Fsp3) is 0.167. The maximum absolute atomic E-state index is 7.19. The van der Waals surface area contributed by atoms with Crippen LogP contribution in [0.5, 0.6) is 0 Å². The average Bonchev–Trinajstić information content (AvgIpc) is 2.13. The molecule has 0 amide bonds. The predicted octanol–water partition coefficient (Wildman–Crippen LogP) is 0.985. The molecule has 0 atom stereocenters. The molecule has 0 bridgehead atoms. The molecule has 0 aliphatic rings. The van der Waals surface area contributed by atoms with Crippen LogP contribution in [0.2, 0.25) is 0 Å². The number of nitrogen functional groups attached to an aromatic ring is 1. The van der Waals surface area contributed by atoms with Crippen LogP contribution in [-0.4, -0.2) is 10.7 Å². The maximum atomic E-state index is 7.19.